The maximum Gasteiger partial charge on any atom is 0.350 e. The summed E-state index contributed by atoms with van der Waals surface area (Å²) in [5.41, 5.74) is 0.660. The van der Waals surface area contributed by atoms with Crippen molar-refractivity contribution >= 4 is 44.8 Å². The number of ether oxygens (including phenoxy) is 1. The smallest absolute Gasteiger partial charge is 0.350 e. The lowest BCUT2D eigenvalue weighted by molar-refractivity contribution is -0.123. The van der Waals surface area contributed by atoms with E-state index in [0.717, 1.165) is 29.5 Å². The molecular formula is C17H24BrNO3S. The highest BCUT2D eigenvalue weighted by molar-refractivity contribution is 9.11. The SMILES string of the molecule is COC(=O)c1sc(Br)cc1N(C(=O)[C@H]1CC[C@H](C)CC1)C(C)C. The minimum atomic E-state index is -0.397. The zero-order valence-electron chi connectivity index (χ0n) is 14.1. The number of amides is 1. The van der Waals surface area contributed by atoms with Crippen LogP contribution in [0.25, 0.3) is 0 Å². The van der Waals surface area contributed by atoms with Crippen LogP contribution in [-0.2, 0) is 9.53 Å². The molecule has 0 aliphatic heterocycles. The number of rotatable bonds is 4. The summed E-state index contributed by atoms with van der Waals surface area (Å²) in [6.45, 7) is 6.21. The Morgan fingerprint density at radius 1 is 1.30 bits per heavy atom. The first-order valence-electron chi connectivity index (χ1n) is 8.05. The van der Waals surface area contributed by atoms with E-state index in [1.165, 1.54) is 18.4 Å². The predicted octanol–water partition coefficient (Wildman–Crippen LogP) is 4.86. The Balaban J connectivity index is 2.32. The van der Waals surface area contributed by atoms with Crippen molar-refractivity contribution < 1.29 is 14.3 Å². The lowest BCUT2D eigenvalue weighted by atomic mass is 9.82. The Hall–Kier alpha value is -0.880. The molecule has 6 heteroatoms. The number of nitrogens with zero attached hydrogens (tertiary/aromatic N) is 1. The highest BCUT2D eigenvalue weighted by atomic mass is 79.9. The van der Waals surface area contributed by atoms with Gasteiger partial charge < -0.3 is 9.64 Å². The molecule has 23 heavy (non-hydrogen) atoms. The molecule has 2 rings (SSSR count). The molecule has 4 nitrogen and oxygen atoms in total. The van der Waals surface area contributed by atoms with Crippen molar-refractivity contribution in [3.8, 4) is 0 Å². The summed E-state index contributed by atoms with van der Waals surface area (Å²) >= 11 is 4.73. The van der Waals surface area contributed by atoms with Gasteiger partial charge >= 0.3 is 5.97 Å². The predicted molar refractivity (Wildman–Crippen MR) is 97.1 cm³/mol. The van der Waals surface area contributed by atoms with E-state index in [-0.39, 0.29) is 17.9 Å². The van der Waals surface area contributed by atoms with E-state index >= 15 is 0 Å². The molecule has 0 N–H and O–H groups in total. The van der Waals surface area contributed by atoms with E-state index in [1.807, 2.05) is 19.9 Å². The van der Waals surface area contributed by atoms with E-state index in [1.54, 1.807) is 4.90 Å². The van der Waals surface area contributed by atoms with E-state index < -0.39 is 5.97 Å². The summed E-state index contributed by atoms with van der Waals surface area (Å²) < 4.78 is 5.69. The first-order chi connectivity index (χ1) is 10.8. The number of carbonyl (C=O) groups is 2. The average Bonchev–Trinajstić information content (AvgIpc) is 2.88. The molecular weight excluding hydrogens is 378 g/mol. The van der Waals surface area contributed by atoms with Gasteiger partial charge in [-0.25, -0.2) is 4.79 Å². The van der Waals surface area contributed by atoms with Crippen molar-refractivity contribution in [3.63, 3.8) is 0 Å². The third-order valence-electron chi connectivity index (χ3n) is 4.43. The second-order valence-electron chi connectivity index (χ2n) is 6.52. The van der Waals surface area contributed by atoms with Crippen molar-refractivity contribution in [2.24, 2.45) is 11.8 Å². The molecule has 0 aromatic carbocycles. The zero-order chi connectivity index (χ0) is 17.1. The molecule has 1 saturated carbocycles. The molecule has 0 radical (unpaired) electrons. The number of esters is 1. The fourth-order valence-electron chi connectivity index (χ4n) is 3.13. The van der Waals surface area contributed by atoms with Crippen molar-refractivity contribution in [3.05, 3.63) is 14.7 Å². The van der Waals surface area contributed by atoms with Gasteiger partial charge in [0.1, 0.15) is 4.88 Å². The third-order valence-corrected chi connectivity index (χ3v) is 6.04. The molecule has 1 aliphatic rings. The lowest BCUT2D eigenvalue weighted by Crippen LogP contribution is -2.42. The molecule has 0 bridgehead atoms. The molecule has 1 aromatic rings. The fourth-order valence-corrected chi connectivity index (χ4v) is 4.62. The first-order valence-corrected chi connectivity index (χ1v) is 9.66. The second-order valence-corrected chi connectivity index (χ2v) is 8.95. The van der Waals surface area contributed by atoms with Crippen LogP contribution < -0.4 is 4.90 Å². The van der Waals surface area contributed by atoms with Gasteiger partial charge in [0.05, 0.1) is 16.6 Å². The van der Waals surface area contributed by atoms with Gasteiger partial charge in [-0.2, -0.15) is 0 Å². The molecule has 1 heterocycles. The monoisotopic (exact) mass is 401 g/mol. The van der Waals surface area contributed by atoms with Gasteiger partial charge in [0, 0.05) is 12.0 Å². The Bertz CT molecular complexity index is 576. The molecule has 0 atom stereocenters. The largest absolute Gasteiger partial charge is 0.465 e. The van der Waals surface area contributed by atoms with Crippen LogP contribution in [-0.4, -0.2) is 25.0 Å². The Morgan fingerprint density at radius 2 is 1.91 bits per heavy atom. The van der Waals surface area contributed by atoms with Crippen LogP contribution in [0.5, 0.6) is 0 Å². The number of hydrogen-bond donors (Lipinski definition) is 0. The van der Waals surface area contributed by atoms with Gasteiger partial charge in [-0.3, -0.25) is 4.79 Å². The summed E-state index contributed by atoms with van der Waals surface area (Å²) in [5.74, 6) is 0.485. The van der Waals surface area contributed by atoms with Crippen LogP contribution >= 0.6 is 27.3 Å². The van der Waals surface area contributed by atoms with Crippen LogP contribution in [0, 0.1) is 11.8 Å². The topological polar surface area (TPSA) is 46.6 Å². The maximum atomic E-state index is 13.1. The maximum absolute atomic E-state index is 13.1. The number of thiophene rings is 1. The first kappa shape index (κ1) is 18.5. The minimum Gasteiger partial charge on any atom is -0.465 e. The van der Waals surface area contributed by atoms with Gasteiger partial charge in [-0.1, -0.05) is 6.92 Å². The fraction of sp³-hybridized carbons (Fsp3) is 0.647. The zero-order valence-corrected chi connectivity index (χ0v) is 16.5. The van der Waals surface area contributed by atoms with Gasteiger partial charge in [0.25, 0.3) is 0 Å². The second kappa shape index (κ2) is 7.79. The van der Waals surface area contributed by atoms with Crippen LogP contribution in [0.1, 0.15) is 56.1 Å². The summed E-state index contributed by atoms with van der Waals surface area (Å²) in [4.78, 5) is 27.4. The molecule has 1 aliphatic carbocycles. The molecule has 0 saturated heterocycles. The Kier molecular flexibility index (Phi) is 6.26. The number of carbonyl (C=O) groups excluding carboxylic acids is 2. The summed E-state index contributed by atoms with van der Waals surface area (Å²) in [5, 5.41) is 0. The number of methoxy groups -OCH3 is 1. The Labute approximate surface area is 150 Å². The van der Waals surface area contributed by atoms with Gasteiger partial charge in [-0.05, 0) is 67.4 Å². The average molecular weight is 402 g/mol. The minimum absolute atomic E-state index is 0.00763. The number of anilines is 1. The van der Waals surface area contributed by atoms with Crippen LogP contribution in [0.4, 0.5) is 5.69 Å². The highest BCUT2D eigenvalue weighted by Gasteiger charge is 2.33. The lowest BCUT2D eigenvalue weighted by Gasteiger charge is -2.33. The standard InChI is InChI=1S/C17H24BrNO3S/c1-10(2)19(16(20)12-7-5-11(3)6-8-12)13-9-14(18)23-15(13)17(21)22-4/h9-12H,5-8H2,1-4H3/t11-,12-. The van der Waals surface area contributed by atoms with Crippen molar-refractivity contribution in [1.82, 2.24) is 0 Å². The molecule has 1 amide bonds. The van der Waals surface area contributed by atoms with E-state index in [9.17, 15) is 9.59 Å². The van der Waals surface area contributed by atoms with Crippen LogP contribution in [0.3, 0.4) is 0 Å². The summed E-state index contributed by atoms with van der Waals surface area (Å²) in [7, 11) is 1.36. The normalized spacial score (nSPS) is 21.3. The van der Waals surface area contributed by atoms with Gasteiger partial charge in [0.2, 0.25) is 5.91 Å². The molecule has 0 spiro atoms. The molecule has 0 unspecified atom stereocenters. The van der Waals surface area contributed by atoms with E-state index in [4.69, 9.17) is 4.74 Å². The highest BCUT2D eigenvalue weighted by Crippen LogP contribution is 2.38. The van der Waals surface area contributed by atoms with E-state index in [0.29, 0.717) is 16.5 Å². The van der Waals surface area contributed by atoms with Crippen LogP contribution in [0.2, 0.25) is 0 Å². The molecule has 1 aromatic heterocycles. The summed E-state index contributed by atoms with van der Waals surface area (Å²) in [6, 6.07) is 1.84. The van der Waals surface area contributed by atoms with Crippen LogP contribution in [0.15, 0.2) is 9.85 Å². The number of hydrogen-bond acceptors (Lipinski definition) is 4. The van der Waals surface area contributed by atoms with Gasteiger partial charge in [-0.15, -0.1) is 11.3 Å². The molecule has 1 fully saturated rings. The molecule has 128 valence electrons. The van der Waals surface area contributed by atoms with E-state index in [2.05, 4.69) is 22.9 Å². The van der Waals surface area contributed by atoms with Gasteiger partial charge in [0.15, 0.2) is 0 Å². The number of halogens is 1. The summed E-state index contributed by atoms with van der Waals surface area (Å²) in [6.07, 6.45) is 4.06. The third kappa shape index (κ3) is 4.15. The quantitative estimate of drug-likeness (QED) is 0.676. The van der Waals surface area contributed by atoms with Crippen molar-refractivity contribution in [2.45, 2.75) is 52.5 Å². The van der Waals surface area contributed by atoms with Crippen molar-refractivity contribution in [2.75, 3.05) is 12.0 Å². The van der Waals surface area contributed by atoms with Crippen molar-refractivity contribution in [1.29, 1.82) is 0 Å². The Morgan fingerprint density at radius 3 is 2.43 bits per heavy atom.